The smallest absolute Gasteiger partial charge is 0.0354 e. The molecular weight excluding hydrogens is 156 g/mol. The average molecular weight is 184 g/mol. The third kappa shape index (κ3) is 3.70. The van der Waals surface area contributed by atoms with Gasteiger partial charge in [0, 0.05) is 0 Å². The Bertz CT molecular complexity index is 121. The van der Waals surface area contributed by atoms with Crippen LogP contribution in [0.25, 0.3) is 0 Å². The first-order valence-electron chi connectivity index (χ1n) is 5.54. The number of hydrogen-bond donors (Lipinski definition) is 0. The molecule has 0 unspecified atom stereocenters. The lowest BCUT2D eigenvalue weighted by Gasteiger charge is -2.36. The van der Waals surface area contributed by atoms with Crippen LogP contribution >= 0.6 is 0 Å². The van der Waals surface area contributed by atoms with Crippen LogP contribution in [0.5, 0.6) is 0 Å². The van der Waals surface area contributed by atoms with Gasteiger partial charge in [0.15, 0.2) is 0 Å². The van der Waals surface area contributed by atoms with Gasteiger partial charge in [-0.15, -0.1) is 0 Å². The number of rotatable bonds is 1. The minimum atomic E-state index is 0. The van der Waals surface area contributed by atoms with Crippen molar-refractivity contribution in [3.05, 3.63) is 0 Å². The van der Waals surface area contributed by atoms with E-state index in [-0.39, 0.29) is 7.43 Å². The van der Waals surface area contributed by atoms with Crippen molar-refractivity contribution < 1.29 is 0 Å². The van der Waals surface area contributed by atoms with Gasteiger partial charge in [0.25, 0.3) is 0 Å². The van der Waals surface area contributed by atoms with Gasteiger partial charge in [0.1, 0.15) is 0 Å². The SMILES string of the molecule is C.CCC1CCC(C(C)(C)C)CC1. The second-order valence-electron chi connectivity index (χ2n) is 5.49. The lowest BCUT2D eigenvalue weighted by atomic mass is 9.69. The van der Waals surface area contributed by atoms with E-state index in [0.29, 0.717) is 5.41 Å². The highest BCUT2D eigenvalue weighted by molar-refractivity contribution is 4.79. The maximum Gasteiger partial charge on any atom is -0.0354 e. The van der Waals surface area contributed by atoms with E-state index in [4.69, 9.17) is 0 Å². The molecule has 1 rings (SSSR count). The lowest BCUT2D eigenvalue weighted by Crippen LogP contribution is -2.25. The van der Waals surface area contributed by atoms with E-state index in [1.807, 2.05) is 0 Å². The quantitative estimate of drug-likeness (QED) is 0.544. The summed E-state index contributed by atoms with van der Waals surface area (Å²) >= 11 is 0. The standard InChI is InChI=1S/C12H24.CH4/c1-5-10-6-8-11(9-7-10)12(2,3)4;/h10-11H,5-9H2,1-4H3;1H4. The molecular formula is C13H28. The molecule has 0 aromatic rings. The minimum Gasteiger partial charge on any atom is -0.0776 e. The van der Waals surface area contributed by atoms with E-state index in [1.165, 1.54) is 32.1 Å². The summed E-state index contributed by atoms with van der Waals surface area (Å²) in [6, 6.07) is 0. The molecule has 0 saturated heterocycles. The molecule has 0 nitrogen and oxygen atoms in total. The van der Waals surface area contributed by atoms with Crippen molar-refractivity contribution in [2.24, 2.45) is 17.3 Å². The van der Waals surface area contributed by atoms with E-state index in [0.717, 1.165) is 11.8 Å². The summed E-state index contributed by atoms with van der Waals surface area (Å²) < 4.78 is 0. The molecule has 1 fully saturated rings. The molecule has 0 amide bonds. The predicted molar refractivity (Wildman–Crippen MR) is 61.9 cm³/mol. The van der Waals surface area contributed by atoms with E-state index >= 15 is 0 Å². The molecule has 0 N–H and O–H groups in total. The van der Waals surface area contributed by atoms with Crippen LogP contribution < -0.4 is 0 Å². The molecule has 0 aromatic heterocycles. The fourth-order valence-electron chi connectivity index (χ4n) is 2.44. The Morgan fingerprint density at radius 1 is 1.00 bits per heavy atom. The third-order valence-electron chi connectivity index (χ3n) is 3.65. The van der Waals surface area contributed by atoms with Crippen LogP contribution in [0.15, 0.2) is 0 Å². The van der Waals surface area contributed by atoms with Crippen molar-refractivity contribution in [2.45, 2.75) is 67.2 Å². The Morgan fingerprint density at radius 2 is 1.46 bits per heavy atom. The molecule has 1 aliphatic carbocycles. The topological polar surface area (TPSA) is 0 Å². The van der Waals surface area contributed by atoms with Crippen LogP contribution in [0.3, 0.4) is 0 Å². The highest BCUT2D eigenvalue weighted by atomic mass is 14.3. The van der Waals surface area contributed by atoms with Crippen molar-refractivity contribution in [1.82, 2.24) is 0 Å². The highest BCUT2D eigenvalue weighted by Crippen LogP contribution is 2.40. The largest absolute Gasteiger partial charge is 0.0776 e. The molecule has 80 valence electrons. The first-order valence-corrected chi connectivity index (χ1v) is 5.54. The van der Waals surface area contributed by atoms with Gasteiger partial charge in [-0.2, -0.15) is 0 Å². The maximum absolute atomic E-state index is 2.39. The van der Waals surface area contributed by atoms with Gasteiger partial charge in [-0.3, -0.25) is 0 Å². The molecule has 0 aromatic carbocycles. The van der Waals surface area contributed by atoms with Gasteiger partial charge in [0.05, 0.1) is 0 Å². The lowest BCUT2D eigenvalue weighted by molar-refractivity contribution is 0.148. The van der Waals surface area contributed by atoms with Crippen LogP contribution in [0, 0.1) is 17.3 Å². The van der Waals surface area contributed by atoms with E-state index < -0.39 is 0 Å². The zero-order valence-corrected chi connectivity index (χ0v) is 9.19. The van der Waals surface area contributed by atoms with Crippen molar-refractivity contribution in [1.29, 1.82) is 0 Å². The van der Waals surface area contributed by atoms with Gasteiger partial charge < -0.3 is 0 Å². The summed E-state index contributed by atoms with van der Waals surface area (Å²) in [4.78, 5) is 0. The summed E-state index contributed by atoms with van der Waals surface area (Å²) in [5.74, 6) is 2.03. The third-order valence-corrected chi connectivity index (χ3v) is 3.65. The molecule has 0 aliphatic heterocycles. The second kappa shape index (κ2) is 5.02. The van der Waals surface area contributed by atoms with Crippen LogP contribution in [0.4, 0.5) is 0 Å². The molecule has 0 atom stereocenters. The zero-order valence-electron chi connectivity index (χ0n) is 9.19. The Labute approximate surface area is 85.1 Å². The fraction of sp³-hybridized carbons (Fsp3) is 1.00. The number of hydrogen-bond acceptors (Lipinski definition) is 0. The Balaban J connectivity index is 0.00000144. The molecule has 0 heteroatoms. The molecule has 0 bridgehead atoms. The van der Waals surface area contributed by atoms with Gasteiger partial charge in [-0.05, 0) is 30.1 Å². The van der Waals surface area contributed by atoms with Gasteiger partial charge in [-0.25, -0.2) is 0 Å². The highest BCUT2D eigenvalue weighted by Gasteiger charge is 2.28. The van der Waals surface area contributed by atoms with Crippen molar-refractivity contribution in [3.8, 4) is 0 Å². The Morgan fingerprint density at radius 3 is 1.77 bits per heavy atom. The predicted octanol–water partition coefficient (Wildman–Crippen LogP) is 4.89. The van der Waals surface area contributed by atoms with Crippen LogP contribution in [0.2, 0.25) is 0 Å². The van der Waals surface area contributed by atoms with E-state index in [2.05, 4.69) is 27.7 Å². The van der Waals surface area contributed by atoms with Crippen LogP contribution in [0.1, 0.15) is 67.2 Å². The Hall–Kier alpha value is 0. The fourth-order valence-corrected chi connectivity index (χ4v) is 2.44. The van der Waals surface area contributed by atoms with Crippen LogP contribution in [-0.2, 0) is 0 Å². The molecule has 1 saturated carbocycles. The summed E-state index contributed by atoms with van der Waals surface area (Å²) in [5.41, 5.74) is 0.554. The van der Waals surface area contributed by atoms with Crippen molar-refractivity contribution in [2.75, 3.05) is 0 Å². The maximum atomic E-state index is 2.39. The molecule has 0 spiro atoms. The van der Waals surface area contributed by atoms with Gasteiger partial charge in [-0.1, -0.05) is 54.4 Å². The molecule has 1 aliphatic rings. The summed E-state index contributed by atoms with van der Waals surface area (Å²) in [5, 5.41) is 0. The first kappa shape index (κ1) is 13.0. The van der Waals surface area contributed by atoms with E-state index in [9.17, 15) is 0 Å². The van der Waals surface area contributed by atoms with Gasteiger partial charge >= 0.3 is 0 Å². The van der Waals surface area contributed by atoms with Crippen LogP contribution in [-0.4, -0.2) is 0 Å². The normalized spacial score (nSPS) is 29.5. The van der Waals surface area contributed by atoms with E-state index in [1.54, 1.807) is 0 Å². The first-order chi connectivity index (χ1) is 5.54. The van der Waals surface area contributed by atoms with Crippen molar-refractivity contribution in [3.63, 3.8) is 0 Å². The summed E-state index contributed by atoms with van der Waals surface area (Å²) in [7, 11) is 0. The summed E-state index contributed by atoms with van der Waals surface area (Å²) in [6.07, 6.45) is 7.32. The molecule has 13 heavy (non-hydrogen) atoms. The Kier molecular flexibility index (Phi) is 5.02. The average Bonchev–Trinajstić information content (AvgIpc) is 2.03. The second-order valence-corrected chi connectivity index (χ2v) is 5.49. The van der Waals surface area contributed by atoms with Gasteiger partial charge in [0.2, 0.25) is 0 Å². The minimum absolute atomic E-state index is 0. The molecule has 0 heterocycles. The molecule has 0 radical (unpaired) electrons. The monoisotopic (exact) mass is 184 g/mol. The zero-order chi connectivity index (χ0) is 9.19. The summed E-state index contributed by atoms with van der Waals surface area (Å²) in [6.45, 7) is 9.51. The van der Waals surface area contributed by atoms with Crippen molar-refractivity contribution >= 4 is 0 Å².